The first-order chi connectivity index (χ1) is 11.3. The summed E-state index contributed by atoms with van der Waals surface area (Å²) in [6.45, 7) is -0.168. The first-order valence-electron chi connectivity index (χ1n) is 7.60. The maximum atomic E-state index is 12.8. The highest BCUT2D eigenvalue weighted by Crippen LogP contribution is 2.39. The molecule has 1 aliphatic carbocycles. The monoisotopic (exact) mass is 334 g/mol. The summed E-state index contributed by atoms with van der Waals surface area (Å²) in [6.07, 6.45) is -3.33. The lowest BCUT2D eigenvalue weighted by molar-refractivity contribution is -0.137. The van der Waals surface area contributed by atoms with Crippen LogP contribution in [0.2, 0.25) is 0 Å². The van der Waals surface area contributed by atoms with Gasteiger partial charge in [-0.15, -0.1) is 0 Å². The fraction of sp³-hybridized carbons (Fsp3) is 0.278. The Hall–Kier alpha value is -2.34. The van der Waals surface area contributed by atoms with Crippen LogP contribution in [0.5, 0.6) is 0 Å². The van der Waals surface area contributed by atoms with Crippen LogP contribution < -0.4 is 11.1 Å². The zero-order valence-electron chi connectivity index (χ0n) is 12.9. The Morgan fingerprint density at radius 2 is 1.58 bits per heavy atom. The first-order valence-corrected chi connectivity index (χ1v) is 7.60. The molecule has 1 amide bonds. The van der Waals surface area contributed by atoms with Crippen molar-refractivity contribution in [2.75, 3.05) is 6.54 Å². The van der Waals surface area contributed by atoms with Gasteiger partial charge in [0.05, 0.1) is 17.6 Å². The smallest absolute Gasteiger partial charge is 0.345 e. The van der Waals surface area contributed by atoms with Crippen molar-refractivity contribution in [3.8, 4) is 0 Å². The van der Waals surface area contributed by atoms with Gasteiger partial charge in [0.25, 0.3) is 0 Å². The quantitative estimate of drug-likeness (QED) is 0.907. The molecule has 0 unspecified atom stereocenters. The fourth-order valence-corrected chi connectivity index (χ4v) is 3.28. The largest absolute Gasteiger partial charge is 0.416 e. The molecule has 24 heavy (non-hydrogen) atoms. The van der Waals surface area contributed by atoms with Crippen molar-refractivity contribution in [2.45, 2.75) is 24.6 Å². The molecule has 0 saturated heterocycles. The second-order valence-corrected chi connectivity index (χ2v) is 6.03. The molecule has 0 atom stereocenters. The number of hydrogen-bond acceptors (Lipinski definition) is 2. The predicted octanol–water partition coefficient (Wildman–Crippen LogP) is 2.77. The van der Waals surface area contributed by atoms with Gasteiger partial charge in [-0.1, -0.05) is 36.4 Å². The van der Waals surface area contributed by atoms with Crippen LogP contribution in [-0.2, 0) is 29.4 Å². The molecule has 3 N–H and O–H groups in total. The summed E-state index contributed by atoms with van der Waals surface area (Å²) in [5.41, 5.74) is 6.75. The van der Waals surface area contributed by atoms with E-state index in [2.05, 4.69) is 5.32 Å². The summed E-state index contributed by atoms with van der Waals surface area (Å²) in [5, 5.41) is 2.92. The van der Waals surface area contributed by atoms with Gasteiger partial charge < -0.3 is 11.1 Å². The van der Waals surface area contributed by atoms with Gasteiger partial charge in [-0.3, -0.25) is 4.79 Å². The van der Waals surface area contributed by atoms with E-state index in [1.165, 1.54) is 12.1 Å². The number of carbonyl (C=O) groups is 1. The van der Waals surface area contributed by atoms with E-state index in [0.29, 0.717) is 18.4 Å². The number of fused-ring (bicyclic) bond motifs is 1. The SMILES string of the molecule is NCC(=O)NC1(c2ccc(C(F)(F)F)cc2)Cc2ccccc2C1. The van der Waals surface area contributed by atoms with Gasteiger partial charge >= 0.3 is 6.18 Å². The molecule has 1 aliphatic rings. The molecule has 0 bridgehead atoms. The predicted molar refractivity (Wildman–Crippen MR) is 84.2 cm³/mol. The average Bonchev–Trinajstić information content (AvgIpc) is 2.93. The third-order valence-electron chi connectivity index (χ3n) is 4.43. The molecule has 126 valence electrons. The van der Waals surface area contributed by atoms with Crippen molar-refractivity contribution in [1.29, 1.82) is 0 Å². The minimum Gasteiger partial charge on any atom is -0.345 e. The van der Waals surface area contributed by atoms with Crippen LogP contribution in [-0.4, -0.2) is 12.5 Å². The molecule has 0 radical (unpaired) electrons. The molecule has 6 heteroatoms. The van der Waals surface area contributed by atoms with Crippen LogP contribution in [0.1, 0.15) is 22.3 Å². The van der Waals surface area contributed by atoms with Crippen molar-refractivity contribution >= 4 is 5.91 Å². The average molecular weight is 334 g/mol. The Bertz CT molecular complexity index is 729. The van der Waals surface area contributed by atoms with E-state index in [1.807, 2.05) is 24.3 Å². The molecule has 0 heterocycles. The highest BCUT2D eigenvalue weighted by molar-refractivity contribution is 5.79. The van der Waals surface area contributed by atoms with E-state index in [4.69, 9.17) is 5.73 Å². The Labute approximate surface area is 137 Å². The number of nitrogens with one attached hydrogen (secondary N) is 1. The molecule has 3 nitrogen and oxygen atoms in total. The van der Waals surface area contributed by atoms with E-state index < -0.39 is 17.3 Å². The molecule has 0 spiro atoms. The third kappa shape index (κ3) is 3.01. The summed E-state index contributed by atoms with van der Waals surface area (Å²) in [6, 6.07) is 12.7. The number of halogens is 3. The number of amides is 1. The first kappa shape index (κ1) is 16.5. The minimum absolute atomic E-state index is 0.168. The Kier molecular flexibility index (Phi) is 4.09. The van der Waals surface area contributed by atoms with E-state index in [-0.39, 0.29) is 12.5 Å². The van der Waals surface area contributed by atoms with Gasteiger partial charge in [0.2, 0.25) is 5.91 Å². The minimum atomic E-state index is -4.38. The number of benzene rings is 2. The fourth-order valence-electron chi connectivity index (χ4n) is 3.28. The van der Waals surface area contributed by atoms with Crippen LogP contribution in [0, 0.1) is 0 Å². The van der Waals surface area contributed by atoms with Crippen LogP contribution in [0.3, 0.4) is 0 Å². The van der Waals surface area contributed by atoms with Crippen molar-refractivity contribution in [3.05, 3.63) is 70.8 Å². The summed E-state index contributed by atoms with van der Waals surface area (Å²) < 4.78 is 38.4. The van der Waals surface area contributed by atoms with Crippen molar-refractivity contribution < 1.29 is 18.0 Å². The highest BCUT2D eigenvalue weighted by atomic mass is 19.4. The van der Waals surface area contributed by atoms with Crippen LogP contribution >= 0.6 is 0 Å². The van der Waals surface area contributed by atoms with Crippen LogP contribution in [0.15, 0.2) is 48.5 Å². The topological polar surface area (TPSA) is 55.1 Å². The van der Waals surface area contributed by atoms with Gasteiger partial charge in [0.1, 0.15) is 0 Å². The van der Waals surface area contributed by atoms with Gasteiger partial charge in [-0.2, -0.15) is 13.2 Å². The normalized spacial score (nSPS) is 15.8. The van der Waals surface area contributed by atoms with E-state index in [9.17, 15) is 18.0 Å². The van der Waals surface area contributed by atoms with Gasteiger partial charge in [-0.25, -0.2) is 0 Å². The zero-order valence-corrected chi connectivity index (χ0v) is 12.9. The summed E-state index contributed by atoms with van der Waals surface area (Å²) in [4.78, 5) is 11.9. The van der Waals surface area contributed by atoms with E-state index >= 15 is 0 Å². The van der Waals surface area contributed by atoms with Crippen LogP contribution in [0.4, 0.5) is 13.2 Å². The Balaban J connectivity index is 1.99. The lowest BCUT2D eigenvalue weighted by Gasteiger charge is -2.31. The molecule has 0 saturated carbocycles. The van der Waals surface area contributed by atoms with E-state index in [0.717, 1.165) is 23.3 Å². The van der Waals surface area contributed by atoms with Gasteiger partial charge in [-0.05, 0) is 28.8 Å². The van der Waals surface area contributed by atoms with Gasteiger partial charge in [0, 0.05) is 12.8 Å². The molecule has 2 aromatic rings. The van der Waals surface area contributed by atoms with Crippen molar-refractivity contribution in [2.24, 2.45) is 5.73 Å². The van der Waals surface area contributed by atoms with Crippen LogP contribution in [0.25, 0.3) is 0 Å². The number of hydrogen-bond donors (Lipinski definition) is 2. The molecule has 2 aromatic carbocycles. The van der Waals surface area contributed by atoms with Crippen molar-refractivity contribution in [1.82, 2.24) is 5.32 Å². The lowest BCUT2D eigenvalue weighted by atomic mass is 9.86. The summed E-state index contributed by atoms with van der Waals surface area (Å²) >= 11 is 0. The number of rotatable bonds is 3. The Morgan fingerprint density at radius 3 is 2.04 bits per heavy atom. The standard InChI is InChI=1S/C18H17F3N2O/c19-18(20,21)15-7-5-14(6-8-15)17(23-16(24)11-22)9-12-3-1-2-4-13(12)10-17/h1-8H,9-11,22H2,(H,23,24). The maximum absolute atomic E-state index is 12.8. The number of carbonyl (C=O) groups excluding carboxylic acids is 1. The maximum Gasteiger partial charge on any atom is 0.416 e. The number of alkyl halides is 3. The molecule has 3 rings (SSSR count). The van der Waals surface area contributed by atoms with Crippen molar-refractivity contribution in [3.63, 3.8) is 0 Å². The second kappa shape index (κ2) is 5.94. The number of nitrogens with two attached hydrogens (primary N) is 1. The lowest BCUT2D eigenvalue weighted by Crippen LogP contribution is -2.48. The van der Waals surface area contributed by atoms with Gasteiger partial charge in [0.15, 0.2) is 0 Å². The third-order valence-corrected chi connectivity index (χ3v) is 4.43. The highest BCUT2D eigenvalue weighted by Gasteiger charge is 2.40. The molecule has 0 aliphatic heterocycles. The summed E-state index contributed by atoms with van der Waals surface area (Å²) in [7, 11) is 0. The zero-order chi connectivity index (χ0) is 17.4. The second-order valence-electron chi connectivity index (χ2n) is 6.03. The molecular weight excluding hydrogens is 317 g/mol. The molecular formula is C18H17F3N2O. The summed E-state index contributed by atoms with van der Waals surface area (Å²) in [5.74, 6) is -0.331. The molecule has 0 fully saturated rings. The Morgan fingerprint density at radius 1 is 1.04 bits per heavy atom. The van der Waals surface area contributed by atoms with E-state index in [1.54, 1.807) is 0 Å². The molecule has 0 aromatic heterocycles.